The summed E-state index contributed by atoms with van der Waals surface area (Å²) in [5.41, 5.74) is 11.7. The highest BCUT2D eigenvalue weighted by atomic mass is 16.3. The van der Waals surface area contributed by atoms with Crippen molar-refractivity contribution in [2.45, 2.75) is 26.2 Å². The van der Waals surface area contributed by atoms with Gasteiger partial charge < -0.3 is 9.67 Å². The first-order chi connectivity index (χ1) is 21.8. The Morgan fingerprint density at radius 2 is 1.29 bits per heavy atom. The second-order valence-electron chi connectivity index (χ2n) is 12.5. The highest BCUT2D eigenvalue weighted by Crippen LogP contribution is 2.39. The molecule has 0 saturated carbocycles. The zero-order valence-electron chi connectivity index (χ0n) is 25.9. The van der Waals surface area contributed by atoms with E-state index in [-0.39, 0.29) is 11.2 Å². The maximum atomic E-state index is 11.2. The van der Waals surface area contributed by atoms with Gasteiger partial charge in [0.15, 0.2) is 0 Å². The van der Waals surface area contributed by atoms with E-state index in [1.54, 1.807) is 12.4 Å². The standard InChI is InChI=1S/C40H34N4O/c1-40(2,3)34-25-41-24-33(38(34)45)39-43-37-32(14-9-15-36(37)44(39)4)30-12-8-13-31(22-30)35-23-29(20-21-42-35)28-18-16-27(17-19-28)26-10-6-5-7-11-26/h5-25H,1-4H3,(H,41,45). The number of aryl methyl sites for hydroxylation is 1. The molecule has 7 aromatic rings. The van der Waals surface area contributed by atoms with Crippen molar-refractivity contribution in [1.29, 1.82) is 0 Å². The quantitative estimate of drug-likeness (QED) is 0.218. The Hall–Kier alpha value is -5.55. The molecule has 0 aliphatic heterocycles. The van der Waals surface area contributed by atoms with Crippen LogP contribution in [0.15, 0.2) is 128 Å². The third-order valence-corrected chi connectivity index (χ3v) is 8.43. The van der Waals surface area contributed by atoms with Crippen LogP contribution in [0.2, 0.25) is 0 Å². The van der Waals surface area contributed by atoms with Crippen molar-refractivity contribution in [3.63, 3.8) is 0 Å². The molecule has 0 fully saturated rings. The lowest BCUT2D eigenvalue weighted by molar-refractivity contribution is 0.446. The summed E-state index contributed by atoms with van der Waals surface area (Å²) >= 11 is 0. The fourth-order valence-electron chi connectivity index (χ4n) is 5.95. The van der Waals surface area contributed by atoms with Crippen molar-refractivity contribution in [3.8, 4) is 61.8 Å². The Bertz CT molecular complexity index is 2160. The zero-order chi connectivity index (χ0) is 31.1. The van der Waals surface area contributed by atoms with E-state index < -0.39 is 0 Å². The largest absolute Gasteiger partial charge is 0.507 e. The Kier molecular flexibility index (Phi) is 7.01. The summed E-state index contributed by atoms with van der Waals surface area (Å²) in [4.78, 5) is 14.3. The van der Waals surface area contributed by atoms with E-state index in [0.717, 1.165) is 50.1 Å². The Morgan fingerprint density at radius 1 is 0.622 bits per heavy atom. The van der Waals surface area contributed by atoms with E-state index >= 15 is 0 Å². The molecule has 5 heteroatoms. The van der Waals surface area contributed by atoms with Crippen molar-refractivity contribution in [1.82, 2.24) is 19.5 Å². The Balaban J connectivity index is 1.25. The molecule has 0 saturated heterocycles. The molecule has 0 unspecified atom stereocenters. The molecule has 0 aliphatic rings. The van der Waals surface area contributed by atoms with Crippen molar-refractivity contribution in [2.75, 3.05) is 0 Å². The summed E-state index contributed by atoms with van der Waals surface area (Å²) in [6, 6.07) is 38.0. The predicted molar refractivity (Wildman–Crippen MR) is 184 cm³/mol. The van der Waals surface area contributed by atoms with Crippen molar-refractivity contribution < 1.29 is 5.11 Å². The summed E-state index contributed by atoms with van der Waals surface area (Å²) in [7, 11) is 1.98. The van der Waals surface area contributed by atoms with Crippen LogP contribution in [0.3, 0.4) is 0 Å². The van der Waals surface area contributed by atoms with E-state index in [4.69, 9.17) is 9.97 Å². The summed E-state index contributed by atoms with van der Waals surface area (Å²) < 4.78 is 2.03. The minimum Gasteiger partial charge on any atom is -0.507 e. The van der Waals surface area contributed by atoms with Crippen LogP contribution >= 0.6 is 0 Å². The van der Waals surface area contributed by atoms with Crippen LogP contribution in [0.4, 0.5) is 0 Å². The smallest absolute Gasteiger partial charge is 0.146 e. The van der Waals surface area contributed by atoms with Gasteiger partial charge in [-0.1, -0.05) is 106 Å². The van der Waals surface area contributed by atoms with Gasteiger partial charge >= 0.3 is 0 Å². The van der Waals surface area contributed by atoms with Gasteiger partial charge in [0.1, 0.15) is 11.6 Å². The summed E-state index contributed by atoms with van der Waals surface area (Å²) in [6.45, 7) is 6.21. The van der Waals surface area contributed by atoms with Crippen LogP contribution in [0, 0.1) is 0 Å². The average Bonchev–Trinajstić information content (AvgIpc) is 3.41. The topological polar surface area (TPSA) is 63.8 Å². The van der Waals surface area contributed by atoms with E-state index in [1.807, 2.05) is 23.9 Å². The number of aromatic hydroxyl groups is 1. The van der Waals surface area contributed by atoms with Crippen molar-refractivity contribution in [3.05, 3.63) is 133 Å². The van der Waals surface area contributed by atoms with Gasteiger partial charge in [0.2, 0.25) is 0 Å². The Labute approximate surface area is 263 Å². The molecule has 0 aliphatic carbocycles. The number of rotatable bonds is 5. The number of aromatic nitrogens is 4. The molecule has 4 aromatic carbocycles. The van der Waals surface area contributed by atoms with Crippen LogP contribution in [0.25, 0.3) is 67.1 Å². The number of fused-ring (bicyclic) bond motifs is 1. The highest BCUT2D eigenvalue weighted by Gasteiger charge is 2.24. The minimum absolute atomic E-state index is 0.222. The zero-order valence-corrected chi connectivity index (χ0v) is 25.9. The molecule has 0 amide bonds. The summed E-state index contributed by atoms with van der Waals surface area (Å²) in [5, 5.41) is 11.2. The molecule has 45 heavy (non-hydrogen) atoms. The first-order valence-electron chi connectivity index (χ1n) is 15.1. The van der Waals surface area contributed by atoms with E-state index in [2.05, 4.69) is 129 Å². The van der Waals surface area contributed by atoms with Gasteiger partial charge in [0, 0.05) is 42.3 Å². The van der Waals surface area contributed by atoms with Crippen LogP contribution < -0.4 is 0 Å². The molecule has 1 N–H and O–H groups in total. The van der Waals surface area contributed by atoms with Crippen LogP contribution in [-0.4, -0.2) is 24.6 Å². The SMILES string of the molecule is Cn1c(-c2cncc(C(C)(C)C)c2O)nc2c(-c3cccc(-c4cc(-c5ccc(-c6ccccc6)cc5)ccn4)c3)cccc21. The number of imidazole rings is 1. The second-order valence-corrected chi connectivity index (χ2v) is 12.5. The molecule has 0 bridgehead atoms. The third kappa shape index (κ3) is 5.27. The van der Waals surface area contributed by atoms with Gasteiger partial charge in [0.25, 0.3) is 0 Å². The molecule has 220 valence electrons. The monoisotopic (exact) mass is 586 g/mol. The third-order valence-electron chi connectivity index (χ3n) is 8.43. The lowest BCUT2D eigenvalue weighted by Gasteiger charge is -2.21. The number of hydrogen-bond acceptors (Lipinski definition) is 4. The number of hydrogen-bond donors (Lipinski definition) is 1. The lowest BCUT2D eigenvalue weighted by Crippen LogP contribution is -2.12. The second kappa shape index (κ2) is 11.2. The van der Waals surface area contributed by atoms with Gasteiger partial charge in [-0.15, -0.1) is 0 Å². The maximum absolute atomic E-state index is 11.2. The maximum Gasteiger partial charge on any atom is 0.146 e. The van der Waals surface area contributed by atoms with Gasteiger partial charge in [-0.2, -0.15) is 0 Å². The van der Waals surface area contributed by atoms with E-state index in [1.165, 1.54) is 11.1 Å². The van der Waals surface area contributed by atoms with Crippen LogP contribution in [0.5, 0.6) is 5.75 Å². The predicted octanol–water partition coefficient (Wildman–Crippen LogP) is 9.70. The first kappa shape index (κ1) is 28.2. The van der Waals surface area contributed by atoms with Crippen molar-refractivity contribution in [2.24, 2.45) is 7.05 Å². The Morgan fingerprint density at radius 3 is 2.04 bits per heavy atom. The molecule has 7 rings (SSSR count). The summed E-state index contributed by atoms with van der Waals surface area (Å²) in [6.07, 6.45) is 5.31. The molecular formula is C40H34N4O. The number of nitrogens with zero attached hydrogens (tertiary/aromatic N) is 4. The highest BCUT2D eigenvalue weighted by molar-refractivity contribution is 5.95. The molecule has 5 nitrogen and oxygen atoms in total. The lowest BCUT2D eigenvalue weighted by atomic mass is 9.86. The van der Waals surface area contributed by atoms with Gasteiger partial charge in [-0.25, -0.2) is 4.98 Å². The van der Waals surface area contributed by atoms with E-state index in [9.17, 15) is 5.11 Å². The van der Waals surface area contributed by atoms with Gasteiger partial charge in [0.05, 0.1) is 22.3 Å². The molecule has 3 aromatic heterocycles. The molecule has 3 heterocycles. The molecular weight excluding hydrogens is 552 g/mol. The minimum atomic E-state index is -0.250. The average molecular weight is 587 g/mol. The summed E-state index contributed by atoms with van der Waals surface area (Å²) in [5.74, 6) is 0.900. The normalized spacial score (nSPS) is 11.6. The fraction of sp³-hybridized carbons (Fsp3) is 0.125. The molecule has 0 spiro atoms. The first-order valence-corrected chi connectivity index (χ1v) is 15.1. The van der Waals surface area contributed by atoms with Gasteiger partial charge in [-0.3, -0.25) is 9.97 Å². The molecule has 0 atom stereocenters. The van der Waals surface area contributed by atoms with Gasteiger partial charge in [-0.05, 0) is 57.5 Å². The van der Waals surface area contributed by atoms with Crippen LogP contribution in [-0.2, 0) is 12.5 Å². The molecule has 0 radical (unpaired) electrons. The number of para-hydroxylation sites is 1. The van der Waals surface area contributed by atoms with Crippen LogP contribution in [0.1, 0.15) is 26.3 Å². The number of pyridine rings is 2. The van der Waals surface area contributed by atoms with E-state index in [0.29, 0.717) is 11.4 Å². The van der Waals surface area contributed by atoms with Crippen molar-refractivity contribution >= 4 is 11.0 Å². The number of benzene rings is 4. The fourth-order valence-corrected chi connectivity index (χ4v) is 5.95.